The molecule has 2 aromatic rings. The summed E-state index contributed by atoms with van der Waals surface area (Å²) in [7, 11) is 0. The lowest BCUT2D eigenvalue weighted by molar-refractivity contribution is 0.00829. The number of hydrogen-bond donors (Lipinski definition) is 1. The second-order valence-corrected chi connectivity index (χ2v) is 9.14. The van der Waals surface area contributed by atoms with Gasteiger partial charge in [-0.15, -0.1) is 0 Å². The number of nitrogens with one attached hydrogen (secondary N) is 1. The van der Waals surface area contributed by atoms with Gasteiger partial charge in [0.2, 0.25) is 0 Å². The van der Waals surface area contributed by atoms with E-state index in [1.54, 1.807) is 0 Å². The molecule has 0 atom stereocenters. The lowest BCUT2D eigenvalue weighted by Gasteiger charge is -2.26. The van der Waals surface area contributed by atoms with Crippen LogP contribution in [0.25, 0.3) is 5.57 Å². The Balaban J connectivity index is 0.00000106. The Morgan fingerprint density at radius 2 is 1.75 bits per heavy atom. The Morgan fingerprint density at radius 1 is 1.11 bits per heavy atom. The van der Waals surface area contributed by atoms with Crippen molar-refractivity contribution in [2.75, 3.05) is 13.2 Å². The Labute approximate surface area is 227 Å². The monoisotopic (exact) mass is 517 g/mol. The number of aromatic amines is 1. The van der Waals surface area contributed by atoms with Crippen molar-refractivity contribution in [2.24, 2.45) is 5.92 Å². The minimum Gasteiger partial charge on any atom is -0.380 e. The summed E-state index contributed by atoms with van der Waals surface area (Å²) in [4.78, 5) is 4.71. The van der Waals surface area contributed by atoms with Gasteiger partial charge in [0.15, 0.2) is 0 Å². The third-order valence-electron chi connectivity index (χ3n) is 6.05. The molecule has 4 nitrogen and oxygen atoms in total. The normalized spacial score (nSPS) is 12.9. The Hall–Kier alpha value is -1.91. The largest absolute Gasteiger partial charge is 0.380 e. The average Bonchev–Trinajstić information content (AvgIpc) is 3.33. The first-order valence-corrected chi connectivity index (χ1v) is 14.5. The van der Waals surface area contributed by atoms with E-state index in [1.165, 1.54) is 12.8 Å². The molecule has 0 aliphatic carbocycles. The van der Waals surface area contributed by atoms with Gasteiger partial charge in [0.1, 0.15) is 0 Å². The molecular formula is C31H52ClN3O. The van der Waals surface area contributed by atoms with Crippen molar-refractivity contribution in [3.05, 3.63) is 64.2 Å². The summed E-state index contributed by atoms with van der Waals surface area (Å²) >= 11 is 6.65. The van der Waals surface area contributed by atoms with Gasteiger partial charge in [-0.2, -0.15) is 5.10 Å². The molecule has 0 aromatic carbocycles. The Morgan fingerprint density at radius 3 is 2.19 bits per heavy atom. The van der Waals surface area contributed by atoms with Crippen molar-refractivity contribution < 1.29 is 4.74 Å². The molecule has 3 rings (SSSR count). The van der Waals surface area contributed by atoms with Gasteiger partial charge in [-0.3, -0.25) is 10.1 Å². The molecule has 5 heteroatoms. The molecule has 1 fully saturated rings. The van der Waals surface area contributed by atoms with Gasteiger partial charge in [-0.25, -0.2) is 0 Å². The van der Waals surface area contributed by atoms with E-state index in [2.05, 4.69) is 57.5 Å². The van der Waals surface area contributed by atoms with E-state index in [0.29, 0.717) is 10.9 Å². The number of nitrogens with zero attached hydrogens (tertiary/aromatic N) is 2. The van der Waals surface area contributed by atoms with Gasteiger partial charge in [-0.05, 0) is 36.5 Å². The van der Waals surface area contributed by atoms with Crippen LogP contribution in [-0.2, 0) is 11.2 Å². The van der Waals surface area contributed by atoms with Crippen molar-refractivity contribution in [2.45, 2.75) is 107 Å². The van der Waals surface area contributed by atoms with Gasteiger partial charge in [0.25, 0.3) is 0 Å². The first-order valence-electron chi connectivity index (χ1n) is 14.1. The number of hydrogen-bond acceptors (Lipinski definition) is 3. The van der Waals surface area contributed by atoms with Crippen LogP contribution < -0.4 is 0 Å². The highest BCUT2D eigenvalue weighted by atomic mass is 35.5. The molecule has 3 heterocycles. The molecule has 1 saturated heterocycles. The number of allylic oxidation sites excluding steroid dienone is 2. The Kier molecular flexibility index (Phi) is 19.1. The molecule has 36 heavy (non-hydrogen) atoms. The lowest BCUT2D eigenvalue weighted by Crippen LogP contribution is -2.25. The summed E-state index contributed by atoms with van der Waals surface area (Å²) in [5, 5.41) is 8.04. The fourth-order valence-corrected chi connectivity index (χ4v) is 3.72. The molecule has 2 aromatic heterocycles. The van der Waals surface area contributed by atoms with Crippen molar-refractivity contribution >= 4 is 17.2 Å². The van der Waals surface area contributed by atoms with Gasteiger partial charge in [0.05, 0.1) is 30.1 Å². The highest BCUT2D eigenvalue weighted by Crippen LogP contribution is 2.34. The van der Waals surface area contributed by atoms with Crippen LogP contribution in [0.2, 0.25) is 5.02 Å². The Bertz CT molecular complexity index is 880. The molecule has 0 amide bonds. The van der Waals surface area contributed by atoms with E-state index >= 15 is 0 Å². The highest BCUT2D eigenvalue weighted by Gasteiger charge is 2.23. The zero-order chi connectivity index (χ0) is 27.5. The summed E-state index contributed by atoms with van der Waals surface area (Å²) < 4.78 is 5.28. The van der Waals surface area contributed by atoms with E-state index < -0.39 is 0 Å². The number of pyridine rings is 1. The third-order valence-corrected chi connectivity index (χ3v) is 6.34. The van der Waals surface area contributed by atoms with E-state index in [0.717, 1.165) is 78.5 Å². The molecule has 1 aliphatic rings. The predicted molar refractivity (Wildman–Crippen MR) is 159 cm³/mol. The van der Waals surface area contributed by atoms with Crippen molar-refractivity contribution in [3.8, 4) is 0 Å². The van der Waals surface area contributed by atoms with Crippen LogP contribution in [-0.4, -0.2) is 28.4 Å². The number of H-pyrrole nitrogens is 1. The molecule has 0 spiro atoms. The predicted octanol–water partition coefficient (Wildman–Crippen LogP) is 9.81. The number of rotatable bonds is 10. The van der Waals surface area contributed by atoms with Crippen molar-refractivity contribution in [1.29, 1.82) is 0 Å². The summed E-state index contributed by atoms with van der Waals surface area (Å²) in [6.45, 7) is 24.7. The van der Waals surface area contributed by atoms with Crippen LogP contribution in [0.1, 0.15) is 123 Å². The van der Waals surface area contributed by atoms with Gasteiger partial charge in [0, 0.05) is 28.9 Å². The maximum atomic E-state index is 6.65. The van der Waals surface area contributed by atoms with Gasteiger partial charge in [-0.1, -0.05) is 112 Å². The first kappa shape index (κ1) is 34.1. The van der Waals surface area contributed by atoms with Crippen LogP contribution in [0, 0.1) is 5.92 Å². The average molecular weight is 518 g/mol. The summed E-state index contributed by atoms with van der Waals surface area (Å²) in [6, 6.07) is 2.02. The van der Waals surface area contributed by atoms with Crippen LogP contribution in [0.15, 0.2) is 36.7 Å². The van der Waals surface area contributed by atoms with Gasteiger partial charge >= 0.3 is 0 Å². The van der Waals surface area contributed by atoms with Crippen LogP contribution >= 0.6 is 11.6 Å². The third kappa shape index (κ3) is 11.0. The molecule has 0 unspecified atom stereocenters. The number of halogens is 1. The molecule has 0 bridgehead atoms. The van der Waals surface area contributed by atoms with Crippen LogP contribution in [0.3, 0.4) is 0 Å². The van der Waals surface area contributed by atoms with E-state index in [-0.39, 0.29) is 0 Å². The SMILES string of the molecule is C=C(/C=C(\c1cn[nH]c1CCC)c1ncc(C2COC2)cc1Cl)CCC.CC.CC.CCC(C)CC. The fourth-order valence-electron chi connectivity index (χ4n) is 3.45. The molecular weight excluding hydrogens is 466 g/mol. The fraction of sp³-hybridized carbons (Fsp3) is 0.613. The van der Waals surface area contributed by atoms with Crippen molar-refractivity contribution in [3.63, 3.8) is 0 Å². The van der Waals surface area contributed by atoms with E-state index in [4.69, 9.17) is 21.3 Å². The highest BCUT2D eigenvalue weighted by molar-refractivity contribution is 6.32. The van der Waals surface area contributed by atoms with Crippen LogP contribution in [0.5, 0.6) is 0 Å². The molecule has 0 saturated carbocycles. The summed E-state index contributed by atoms with van der Waals surface area (Å²) in [5.74, 6) is 1.34. The summed E-state index contributed by atoms with van der Waals surface area (Å²) in [6.07, 6.45) is 12.5. The topological polar surface area (TPSA) is 50.8 Å². The van der Waals surface area contributed by atoms with E-state index in [1.807, 2.05) is 46.2 Å². The quantitative estimate of drug-likeness (QED) is 0.319. The van der Waals surface area contributed by atoms with E-state index in [9.17, 15) is 0 Å². The van der Waals surface area contributed by atoms with Gasteiger partial charge < -0.3 is 4.74 Å². The maximum Gasteiger partial charge on any atom is 0.0895 e. The van der Waals surface area contributed by atoms with Crippen LogP contribution in [0.4, 0.5) is 0 Å². The second-order valence-electron chi connectivity index (χ2n) is 8.73. The molecule has 0 radical (unpaired) electrons. The molecule has 204 valence electrons. The molecule has 1 N–H and O–H groups in total. The second kappa shape index (κ2) is 20.2. The number of aromatic nitrogens is 3. The maximum absolute atomic E-state index is 6.65. The minimum atomic E-state index is 0.404. The summed E-state index contributed by atoms with van der Waals surface area (Å²) in [5.41, 5.74) is 6.14. The number of aryl methyl sites for hydroxylation is 1. The standard InChI is InChI=1S/C21H26ClN3O.C6H14.2C2H6/c1-4-6-14(3)8-17(18-11-24-25-20(18)7-5-2)21-19(22)9-15(10-23-21)16-12-26-13-16;1-4-6(3)5-2;2*1-2/h8-11,16H,3-7,12-13H2,1-2H3,(H,24,25);6H,4-5H2,1-3H3;2*1-2H3/b17-8+;;;. The smallest absolute Gasteiger partial charge is 0.0895 e. The lowest BCUT2D eigenvalue weighted by atomic mass is 9.95. The number of ether oxygens (including phenoxy) is 1. The first-order chi connectivity index (χ1) is 17.4. The van der Waals surface area contributed by atoms with Crippen molar-refractivity contribution in [1.82, 2.24) is 15.2 Å². The molecule has 1 aliphatic heterocycles. The zero-order valence-corrected chi connectivity index (χ0v) is 25.3. The zero-order valence-electron chi connectivity index (χ0n) is 24.5. The minimum absolute atomic E-state index is 0.404.